The molecule has 4 rings (SSSR count). The van der Waals surface area contributed by atoms with Crippen LogP contribution in [-0.2, 0) is 4.74 Å². The Labute approximate surface area is 199 Å². The van der Waals surface area contributed by atoms with Crippen molar-refractivity contribution >= 4 is 0 Å². The molecule has 0 aromatic heterocycles. The number of hydrogen-bond acceptors (Lipinski definition) is 2. The van der Waals surface area contributed by atoms with Gasteiger partial charge in [-0.3, -0.25) is 0 Å². The maximum absolute atomic E-state index is 15.4. The summed E-state index contributed by atoms with van der Waals surface area (Å²) in [4.78, 5) is 0. The van der Waals surface area contributed by atoms with Crippen LogP contribution in [0.15, 0.2) is 60.7 Å². The van der Waals surface area contributed by atoms with E-state index in [9.17, 15) is 8.78 Å². The number of ether oxygens (including phenoxy) is 2. The summed E-state index contributed by atoms with van der Waals surface area (Å²) in [7, 11) is 0. The minimum Gasteiger partial charge on any atom is -0.494 e. The lowest BCUT2D eigenvalue weighted by Gasteiger charge is -2.30. The minimum atomic E-state index is -2.92. The SMILES string of the molecule is CCCC1CCC(c2ccc(-c3ccc(-c4ccc(OCC)cc4)cc3)c(C(F)F)c2F)OC1. The molecule has 2 nitrogen and oxygen atoms in total. The zero-order valence-corrected chi connectivity index (χ0v) is 19.7. The van der Waals surface area contributed by atoms with E-state index in [-0.39, 0.29) is 11.1 Å². The van der Waals surface area contributed by atoms with Crippen molar-refractivity contribution in [3.63, 3.8) is 0 Å². The average Bonchev–Trinajstić information content (AvgIpc) is 2.85. The van der Waals surface area contributed by atoms with E-state index in [1.54, 1.807) is 24.3 Å². The molecule has 34 heavy (non-hydrogen) atoms. The van der Waals surface area contributed by atoms with E-state index < -0.39 is 23.9 Å². The molecule has 0 radical (unpaired) electrons. The predicted octanol–water partition coefficient (Wildman–Crippen LogP) is 8.76. The molecule has 0 amide bonds. The van der Waals surface area contributed by atoms with Crippen LogP contribution in [0.2, 0.25) is 0 Å². The number of alkyl halides is 2. The Hall–Kier alpha value is -2.79. The van der Waals surface area contributed by atoms with E-state index in [2.05, 4.69) is 6.92 Å². The molecule has 3 aromatic rings. The molecule has 2 atom stereocenters. The largest absolute Gasteiger partial charge is 0.494 e. The molecule has 1 fully saturated rings. The number of halogens is 3. The van der Waals surface area contributed by atoms with Gasteiger partial charge < -0.3 is 9.47 Å². The first-order chi connectivity index (χ1) is 16.5. The molecule has 1 saturated heterocycles. The van der Waals surface area contributed by atoms with Crippen LogP contribution in [-0.4, -0.2) is 13.2 Å². The van der Waals surface area contributed by atoms with Gasteiger partial charge in [-0.15, -0.1) is 0 Å². The summed E-state index contributed by atoms with van der Waals surface area (Å²) in [6.45, 7) is 5.21. The van der Waals surface area contributed by atoms with Gasteiger partial charge in [0.15, 0.2) is 0 Å². The van der Waals surface area contributed by atoms with Crippen LogP contribution in [0.4, 0.5) is 13.2 Å². The number of hydrogen-bond donors (Lipinski definition) is 0. The molecule has 3 aromatic carbocycles. The van der Waals surface area contributed by atoms with Crippen molar-refractivity contribution in [3.8, 4) is 28.0 Å². The fraction of sp³-hybridized carbons (Fsp3) is 0.379. The van der Waals surface area contributed by atoms with Crippen LogP contribution in [0.25, 0.3) is 22.3 Å². The van der Waals surface area contributed by atoms with E-state index in [4.69, 9.17) is 9.47 Å². The zero-order valence-electron chi connectivity index (χ0n) is 19.7. The summed E-state index contributed by atoms with van der Waals surface area (Å²) < 4.78 is 54.8. The van der Waals surface area contributed by atoms with E-state index in [0.29, 0.717) is 31.1 Å². The Morgan fingerprint density at radius 2 is 1.53 bits per heavy atom. The van der Waals surface area contributed by atoms with Crippen molar-refractivity contribution in [2.24, 2.45) is 5.92 Å². The summed E-state index contributed by atoms with van der Waals surface area (Å²) in [6, 6.07) is 18.2. The normalized spacial score (nSPS) is 18.3. The van der Waals surface area contributed by atoms with Gasteiger partial charge in [0.1, 0.15) is 11.6 Å². The van der Waals surface area contributed by atoms with Gasteiger partial charge in [0.2, 0.25) is 0 Å². The molecule has 1 heterocycles. The molecule has 1 aliphatic rings. The van der Waals surface area contributed by atoms with E-state index in [1.165, 1.54) is 0 Å². The third kappa shape index (κ3) is 5.30. The van der Waals surface area contributed by atoms with Gasteiger partial charge in [-0.05, 0) is 66.5 Å². The fourth-order valence-corrected chi connectivity index (χ4v) is 4.76. The van der Waals surface area contributed by atoms with Crippen LogP contribution in [0.1, 0.15) is 63.2 Å². The maximum atomic E-state index is 15.4. The molecule has 0 spiro atoms. The topological polar surface area (TPSA) is 18.5 Å². The van der Waals surface area contributed by atoms with Crippen molar-refractivity contribution in [2.45, 2.75) is 52.1 Å². The molecule has 0 aliphatic carbocycles. The van der Waals surface area contributed by atoms with Crippen molar-refractivity contribution in [1.82, 2.24) is 0 Å². The molecule has 1 aliphatic heterocycles. The highest BCUT2D eigenvalue weighted by Crippen LogP contribution is 2.40. The Bertz CT molecular complexity index is 1070. The second-order valence-corrected chi connectivity index (χ2v) is 8.82. The Morgan fingerprint density at radius 1 is 0.882 bits per heavy atom. The first-order valence-electron chi connectivity index (χ1n) is 12.1. The Morgan fingerprint density at radius 3 is 2.09 bits per heavy atom. The lowest BCUT2D eigenvalue weighted by Crippen LogP contribution is -2.21. The molecular weight excluding hydrogens is 437 g/mol. The first-order valence-corrected chi connectivity index (χ1v) is 12.1. The summed E-state index contributed by atoms with van der Waals surface area (Å²) in [6.07, 6.45) is 0.341. The van der Waals surface area contributed by atoms with Gasteiger partial charge in [0.05, 0.1) is 24.9 Å². The van der Waals surface area contributed by atoms with Crippen molar-refractivity contribution in [1.29, 1.82) is 0 Å². The quantitative estimate of drug-likeness (QED) is 0.329. The fourth-order valence-electron chi connectivity index (χ4n) is 4.76. The van der Waals surface area contributed by atoms with Gasteiger partial charge >= 0.3 is 0 Å². The minimum absolute atomic E-state index is 0.217. The third-order valence-corrected chi connectivity index (χ3v) is 6.54. The lowest BCUT2D eigenvalue weighted by molar-refractivity contribution is -0.0214. The standard InChI is InChI=1S/C29H31F3O2/c1-3-5-19-6-17-26(34-18-19)25-16-15-24(27(28(25)30)29(31)32)22-9-7-20(8-10-22)21-11-13-23(14-12-21)33-4-2/h7-16,19,26,29H,3-6,17-18H2,1-2H3. The molecule has 5 heteroatoms. The number of rotatable bonds is 8. The van der Waals surface area contributed by atoms with Crippen LogP contribution < -0.4 is 4.74 Å². The van der Waals surface area contributed by atoms with E-state index >= 15 is 4.39 Å². The highest BCUT2D eigenvalue weighted by atomic mass is 19.3. The smallest absolute Gasteiger partial charge is 0.267 e. The predicted molar refractivity (Wildman–Crippen MR) is 130 cm³/mol. The molecular formula is C29H31F3O2. The van der Waals surface area contributed by atoms with Gasteiger partial charge in [-0.25, -0.2) is 13.2 Å². The Kier molecular flexibility index (Phi) is 7.94. The molecule has 0 bridgehead atoms. The second-order valence-electron chi connectivity index (χ2n) is 8.82. The second kappa shape index (κ2) is 11.1. The first kappa shape index (κ1) is 24.3. The van der Waals surface area contributed by atoms with Crippen molar-refractivity contribution < 1.29 is 22.6 Å². The zero-order chi connectivity index (χ0) is 24.1. The summed E-state index contributed by atoms with van der Waals surface area (Å²) in [5.41, 5.74) is 2.39. The monoisotopic (exact) mass is 468 g/mol. The maximum Gasteiger partial charge on any atom is 0.267 e. The van der Waals surface area contributed by atoms with E-state index in [1.807, 2.05) is 43.3 Å². The average molecular weight is 469 g/mol. The summed E-state index contributed by atoms with van der Waals surface area (Å²) in [5, 5.41) is 0. The molecule has 180 valence electrons. The highest BCUT2D eigenvalue weighted by molar-refractivity contribution is 5.73. The van der Waals surface area contributed by atoms with Crippen molar-refractivity contribution in [2.75, 3.05) is 13.2 Å². The van der Waals surface area contributed by atoms with Gasteiger partial charge in [0, 0.05) is 5.56 Å². The van der Waals surface area contributed by atoms with Gasteiger partial charge in [0.25, 0.3) is 6.43 Å². The molecule has 2 unspecified atom stereocenters. The van der Waals surface area contributed by atoms with Crippen LogP contribution >= 0.6 is 0 Å². The molecule has 0 saturated carbocycles. The van der Waals surface area contributed by atoms with Crippen LogP contribution in [0.5, 0.6) is 5.75 Å². The van der Waals surface area contributed by atoms with E-state index in [0.717, 1.165) is 36.1 Å². The van der Waals surface area contributed by atoms with Crippen LogP contribution in [0.3, 0.4) is 0 Å². The van der Waals surface area contributed by atoms with Gasteiger partial charge in [-0.2, -0.15) is 0 Å². The van der Waals surface area contributed by atoms with Crippen molar-refractivity contribution in [3.05, 3.63) is 77.6 Å². The lowest BCUT2D eigenvalue weighted by atomic mass is 9.89. The number of benzene rings is 3. The van der Waals surface area contributed by atoms with Gasteiger partial charge in [-0.1, -0.05) is 61.9 Å². The van der Waals surface area contributed by atoms with Crippen LogP contribution in [0, 0.1) is 11.7 Å². The summed E-state index contributed by atoms with van der Waals surface area (Å²) in [5.74, 6) is 0.414. The highest BCUT2D eigenvalue weighted by Gasteiger charge is 2.29. The Balaban J connectivity index is 1.58. The molecule has 0 N–H and O–H groups in total. The summed E-state index contributed by atoms with van der Waals surface area (Å²) >= 11 is 0. The third-order valence-electron chi connectivity index (χ3n) is 6.54.